The second-order valence-corrected chi connectivity index (χ2v) is 5.00. The summed E-state index contributed by atoms with van der Waals surface area (Å²) in [5, 5.41) is 0. The fourth-order valence-electron chi connectivity index (χ4n) is 2.05. The Hall–Kier alpha value is -0.530. The number of carbonyl (C=O) groups excluding carboxylic acids is 1. The highest BCUT2D eigenvalue weighted by Crippen LogP contribution is 2.09. The Balaban J connectivity index is 3.15. The highest BCUT2D eigenvalue weighted by molar-refractivity contribution is 5.75. The molecule has 17 heavy (non-hydrogen) atoms. The van der Waals surface area contributed by atoms with E-state index in [1.54, 1.807) is 0 Å². The molecule has 0 bridgehead atoms. The lowest BCUT2D eigenvalue weighted by Gasteiger charge is -2.15. The lowest BCUT2D eigenvalue weighted by Crippen LogP contribution is -2.26. The minimum Gasteiger partial charge on any atom is -0.346 e. The molecule has 0 saturated heterocycles. The maximum atomic E-state index is 11.3. The summed E-state index contributed by atoms with van der Waals surface area (Å²) in [5.41, 5.74) is 0. The number of amides is 1. The Morgan fingerprint density at radius 2 is 1.29 bits per heavy atom. The lowest BCUT2D eigenvalue weighted by atomic mass is 10.1. The molecule has 0 atom stereocenters. The zero-order valence-corrected chi connectivity index (χ0v) is 12.1. The van der Waals surface area contributed by atoms with Crippen LogP contribution in [-0.4, -0.2) is 24.4 Å². The van der Waals surface area contributed by atoms with Gasteiger partial charge in [0.2, 0.25) is 5.91 Å². The Labute approximate surface area is 108 Å². The van der Waals surface area contributed by atoms with E-state index in [-0.39, 0.29) is 5.91 Å². The summed E-state index contributed by atoms with van der Waals surface area (Å²) in [6, 6.07) is 0. The number of unbranched alkanes of at least 4 members (excludes halogenated alkanes) is 8. The Morgan fingerprint density at radius 3 is 1.76 bits per heavy atom. The van der Waals surface area contributed by atoms with E-state index in [1.807, 2.05) is 18.9 Å². The lowest BCUT2D eigenvalue weighted by molar-refractivity contribution is -0.129. The van der Waals surface area contributed by atoms with Crippen LogP contribution in [0.4, 0.5) is 0 Å². The van der Waals surface area contributed by atoms with Crippen molar-refractivity contribution in [1.82, 2.24) is 4.90 Å². The molecule has 0 aromatic heterocycles. The van der Waals surface area contributed by atoms with E-state index in [0.29, 0.717) is 6.42 Å². The number of rotatable bonds is 11. The summed E-state index contributed by atoms with van der Waals surface area (Å²) in [7, 11) is 1.91. The van der Waals surface area contributed by atoms with Gasteiger partial charge in [0.15, 0.2) is 0 Å². The smallest absolute Gasteiger partial charge is 0.222 e. The van der Waals surface area contributed by atoms with Gasteiger partial charge >= 0.3 is 0 Å². The average molecular weight is 241 g/mol. The van der Waals surface area contributed by atoms with Crippen molar-refractivity contribution in [3.8, 4) is 0 Å². The van der Waals surface area contributed by atoms with Crippen LogP contribution in [0.25, 0.3) is 0 Å². The van der Waals surface area contributed by atoms with Crippen molar-refractivity contribution in [2.45, 2.75) is 78.1 Å². The molecule has 0 aromatic carbocycles. The summed E-state index contributed by atoms with van der Waals surface area (Å²) in [4.78, 5) is 13.2. The van der Waals surface area contributed by atoms with E-state index in [1.165, 1.54) is 51.4 Å². The first kappa shape index (κ1) is 16.5. The molecule has 0 saturated carbocycles. The van der Waals surface area contributed by atoms with Gasteiger partial charge in [-0.1, -0.05) is 65.2 Å². The van der Waals surface area contributed by atoms with Crippen molar-refractivity contribution in [2.24, 2.45) is 0 Å². The largest absolute Gasteiger partial charge is 0.346 e. The molecule has 0 unspecified atom stereocenters. The first-order valence-corrected chi connectivity index (χ1v) is 7.46. The minimum absolute atomic E-state index is 0.268. The van der Waals surface area contributed by atoms with Gasteiger partial charge < -0.3 is 4.90 Å². The number of hydrogen-bond donors (Lipinski definition) is 0. The van der Waals surface area contributed by atoms with Crippen molar-refractivity contribution in [3.05, 3.63) is 0 Å². The topological polar surface area (TPSA) is 20.3 Å². The standard InChI is InChI=1S/C15H31NO/c1-4-6-7-8-9-10-11-12-13-14-16(3)15(17)5-2/h4-14H2,1-3H3. The molecule has 0 rings (SSSR count). The Morgan fingerprint density at radius 1 is 0.824 bits per heavy atom. The fraction of sp³-hybridized carbons (Fsp3) is 0.933. The molecule has 2 heteroatoms. The van der Waals surface area contributed by atoms with Crippen LogP contribution in [0.3, 0.4) is 0 Å². The molecule has 1 amide bonds. The summed E-state index contributed by atoms with van der Waals surface area (Å²) >= 11 is 0. The van der Waals surface area contributed by atoms with E-state index < -0.39 is 0 Å². The Kier molecular flexibility index (Phi) is 11.6. The van der Waals surface area contributed by atoms with Crippen LogP contribution in [-0.2, 0) is 4.79 Å². The normalized spacial score (nSPS) is 10.5. The highest BCUT2D eigenvalue weighted by Gasteiger charge is 2.03. The molecule has 0 heterocycles. The van der Waals surface area contributed by atoms with Gasteiger partial charge in [-0.3, -0.25) is 4.79 Å². The van der Waals surface area contributed by atoms with Gasteiger partial charge in [0.05, 0.1) is 0 Å². The van der Waals surface area contributed by atoms with Gasteiger partial charge in [-0.05, 0) is 6.42 Å². The molecule has 0 radical (unpaired) electrons. The highest BCUT2D eigenvalue weighted by atomic mass is 16.2. The van der Waals surface area contributed by atoms with E-state index in [9.17, 15) is 4.79 Å². The van der Waals surface area contributed by atoms with Gasteiger partial charge in [-0.2, -0.15) is 0 Å². The summed E-state index contributed by atoms with van der Waals surface area (Å²) < 4.78 is 0. The third kappa shape index (κ3) is 10.3. The number of carbonyl (C=O) groups is 1. The van der Waals surface area contributed by atoms with Crippen molar-refractivity contribution >= 4 is 5.91 Å². The molecule has 2 nitrogen and oxygen atoms in total. The second-order valence-electron chi connectivity index (χ2n) is 5.00. The first-order chi connectivity index (χ1) is 8.22. The Bertz CT molecular complexity index is 180. The van der Waals surface area contributed by atoms with E-state index in [0.717, 1.165) is 13.0 Å². The van der Waals surface area contributed by atoms with Crippen LogP contribution in [0.1, 0.15) is 78.1 Å². The van der Waals surface area contributed by atoms with Gasteiger partial charge in [-0.25, -0.2) is 0 Å². The second kappa shape index (κ2) is 11.9. The van der Waals surface area contributed by atoms with E-state index >= 15 is 0 Å². The maximum absolute atomic E-state index is 11.3. The van der Waals surface area contributed by atoms with Gasteiger partial charge in [-0.15, -0.1) is 0 Å². The molecule has 0 aliphatic rings. The minimum atomic E-state index is 0.268. The monoisotopic (exact) mass is 241 g/mol. The number of nitrogens with zero attached hydrogens (tertiary/aromatic N) is 1. The van der Waals surface area contributed by atoms with Crippen molar-refractivity contribution < 1.29 is 4.79 Å². The third-order valence-electron chi connectivity index (χ3n) is 3.33. The molecule has 0 aromatic rings. The van der Waals surface area contributed by atoms with Crippen LogP contribution in [0.2, 0.25) is 0 Å². The van der Waals surface area contributed by atoms with Crippen LogP contribution in [0.5, 0.6) is 0 Å². The molecular formula is C15H31NO. The zero-order chi connectivity index (χ0) is 12.9. The molecule has 0 N–H and O–H groups in total. The van der Waals surface area contributed by atoms with E-state index in [4.69, 9.17) is 0 Å². The van der Waals surface area contributed by atoms with E-state index in [2.05, 4.69) is 6.92 Å². The quantitative estimate of drug-likeness (QED) is 0.491. The van der Waals surface area contributed by atoms with Gasteiger partial charge in [0.1, 0.15) is 0 Å². The first-order valence-electron chi connectivity index (χ1n) is 7.46. The van der Waals surface area contributed by atoms with Crippen LogP contribution < -0.4 is 0 Å². The number of hydrogen-bond acceptors (Lipinski definition) is 1. The molecule has 102 valence electrons. The molecule has 0 aliphatic carbocycles. The molecule has 0 aliphatic heterocycles. The van der Waals surface area contributed by atoms with Crippen LogP contribution in [0.15, 0.2) is 0 Å². The predicted molar refractivity (Wildman–Crippen MR) is 75.2 cm³/mol. The fourth-order valence-corrected chi connectivity index (χ4v) is 2.05. The third-order valence-corrected chi connectivity index (χ3v) is 3.33. The van der Waals surface area contributed by atoms with Crippen molar-refractivity contribution in [3.63, 3.8) is 0 Å². The molecule has 0 fully saturated rings. The predicted octanol–water partition coefficient (Wildman–Crippen LogP) is 4.39. The van der Waals surface area contributed by atoms with Crippen molar-refractivity contribution in [2.75, 3.05) is 13.6 Å². The summed E-state index contributed by atoms with van der Waals surface area (Å²) in [6.45, 7) is 5.12. The molecular weight excluding hydrogens is 210 g/mol. The van der Waals surface area contributed by atoms with Crippen LogP contribution >= 0.6 is 0 Å². The van der Waals surface area contributed by atoms with Gasteiger partial charge in [0.25, 0.3) is 0 Å². The molecule has 0 spiro atoms. The summed E-state index contributed by atoms with van der Waals surface area (Å²) in [6.07, 6.45) is 12.7. The average Bonchev–Trinajstić information content (AvgIpc) is 2.35. The SMILES string of the molecule is CCCCCCCCCCCN(C)C(=O)CC. The van der Waals surface area contributed by atoms with Gasteiger partial charge in [0, 0.05) is 20.0 Å². The van der Waals surface area contributed by atoms with Crippen molar-refractivity contribution in [1.29, 1.82) is 0 Å². The maximum Gasteiger partial charge on any atom is 0.222 e. The zero-order valence-electron chi connectivity index (χ0n) is 12.1. The van der Waals surface area contributed by atoms with Crippen LogP contribution in [0, 0.1) is 0 Å². The summed E-state index contributed by atoms with van der Waals surface area (Å²) in [5.74, 6) is 0.268.